The topological polar surface area (TPSA) is 24.4 Å². The average Bonchev–Trinajstić information content (AvgIpc) is 2.22. The number of amidine groups is 1. The van der Waals surface area contributed by atoms with Crippen LogP contribution in [0.25, 0.3) is 0 Å². The number of thioether (sulfide) groups is 1. The van der Waals surface area contributed by atoms with Gasteiger partial charge in [-0.15, -0.1) is 0 Å². The minimum Gasteiger partial charge on any atom is -0.333 e. The number of halogens is 3. The number of benzene rings is 1. The van der Waals surface area contributed by atoms with Gasteiger partial charge in [-0.3, -0.25) is 4.99 Å². The fourth-order valence-electron chi connectivity index (χ4n) is 1.59. The molecule has 0 spiro atoms. The summed E-state index contributed by atoms with van der Waals surface area (Å²) in [4.78, 5) is 4.71. The van der Waals surface area contributed by atoms with Crippen LogP contribution in [0, 0.1) is 0 Å². The number of rotatable bonds is 1. The maximum Gasteiger partial charge on any atom is 0.161 e. The van der Waals surface area contributed by atoms with Crippen LogP contribution in [0.4, 0.5) is 5.69 Å². The minimum absolute atomic E-state index is 0.0129. The second kappa shape index (κ2) is 5.73. The van der Waals surface area contributed by atoms with Crippen molar-refractivity contribution in [2.45, 2.75) is 25.8 Å². The summed E-state index contributed by atoms with van der Waals surface area (Å²) in [6, 6.07) is 3.74. The smallest absolute Gasteiger partial charge is 0.161 e. The van der Waals surface area contributed by atoms with E-state index in [0.29, 0.717) is 5.02 Å². The summed E-state index contributed by atoms with van der Waals surface area (Å²) in [6.45, 7) is 4.31. The molecule has 0 bridgehead atoms. The Balaban J connectivity index is 2.27. The van der Waals surface area contributed by atoms with Crippen LogP contribution in [0.5, 0.6) is 0 Å². The van der Waals surface area contributed by atoms with Crippen molar-refractivity contribution in [3.8, 4) is 0 Å². The summed E-state index contributed by atoms with van der Waals surface area (Å²) in [5.41, 5.74) is 0.974. The van der Waals surface area contributed by atoms with E-state index in [2.05, 4.69) is 51.0 Å². The first kappa shape index (κ1) is 14.7. The lowest BCUT2D eigenvalue weighted by Gasteiger charge is -2.26. The van der Waals surface area contributed by atoms with Crippen molar-refractivity contribution in [1.82, 2.24) is 0 Å². The predicted octanol–water partition coefficient (Wildman–Crippen LogP) is 5.55. The highest BCUT2D eigenvalue weighted by atomic mass is 79.9. The van der Waals surface area contributed by atoms with Crippen molar-refractivity contribution in [3.05, 3.63) is 26.1 Å². The molecule has 1 N–H and O–H groups in total. The first-order valence-corrected chi connectivity index (χ1v) is 8.46. The lowest BCUT2D eigenvalue weighted by molar-refractivity contribution is 0.507. The zero-order valence-electron chi connectivity index (χ0n) is 10.1. The van der Waals surface area contributed by atoms with Gasteiger partial charge in [-0.2, -0.15) is 0 Å². The van der Waals surface area contributed by atoms with E-state index in [4.69, 9.17) is 16.6 Å². The van der Waals surface area contributed by atoms with E-state index in [1.807, 2.05) is 12.1 Å². The molecule has 0 atom stereocenters. The molecule has 18 heavy (non-hydrogen) atoms. The van der Waals surface area contributed by atoms with Crippen LogP contribution >= 0.6 is 55.2 Å². The van der Waals surface area contributed by atoms with Gasteiger partial charge in [0, 0.05) is 19.7 Å². The summed E-state index contributed by atoms with van der Waals surface area (Å²) in [6.07, 6.45) is 1.10. The Morgan fingerprint density at radius 2 is 1.94 bits per heavy atom. The summed E-state index contributed by atoms with van der Waals surface area (Å²) in [5.74, 6) is 1.08. The summed E-state index contributed by atoms with van der Waals surface area (Å²) >= 11 is 14.8. The first-order valence-electron chi connectivity index (χ1n) is 5.52. The molecule has 1 aromatic carbocycles. The van der Waals surface area contributed by atoms with Crippen LogP contribution in [0.15, 0.2) is 26.1 Å². The molecule has 0 amide bonds. The molecule has 2 rings (SSSR count). The SMILES string of the molecule is CC1(C)CCSC(Nc2c(Br)cc(Cl)cc2Br)=N1. The maximum absolute atomic E-state index is 5.99. The molecule has 0 saturated carbocycles. The lowest BCUT2D eigenvalue weighted by Crippen LogP contribution is -2.27. The van der Waals surface area contributed by atoms with Crippen molar-refractivity contribution in [3.63, 3.8) is 0 Å². The zero-order chi connectivity index (χ0) is 13.3. The van der Waals surface area contributed by atoms with Crippen LogP contribution in [0.3, 0.4) is 0 Å². The molecule has 0 fully saturated rings. The van der Waals surface area contributed by atoms with Crippen LogP contribution in [0.1, 0.15) is 20.3 Å². The van der Waals surface area contributed by atoms with E-state index in [0.717, 1.165) is 32.0 Å². The largest absolute Gasteiger partial charge is 0.333 e. The third-order valence-corrected chi connectivity index (χ3v) is 4.94. The van der Waals surface area contributed by atoms with Gasteiger partial charge in [0.25, 0.3) is 0 Å². The molecule has 1 aromatic rings. The van der Waals surface area contributed by atoms with Crippen molar-refractivity contribution in [1.29, 1.82) is 0 Å². The molecular weight excluding hydrogens is 399 g/mol. The molecular formula is C12H13Br2ClN2S. The third kappa shape index (κ3) is 3.65. The van der Waals surface area contributed by atoms with Gasteiger partial charge in [-0.1, -0.05) is 23.4 Å². The molecule has 0 radical (unpaired) electrons. The molecule has 2 nitrogen and oxygen atoms in total. The molecule has 6 heteroatoms. The highest BCUT2D eigenvalue weighted by Gasteiger charge is 2.23. The Labute approximate surface area is 133 Å². The van der Waals surface area contributed by atoms with Crippen LogP contribution in [-0.2, 0) is 0 Å². The van der Waals surface area contributed by atoms with Gasteiger partial charge in [0.2, 0.25) is 0 Å². The molecule has 0 unspecified atom stereocenters. The second-order valence-electron chi connectivity index (χ2n) is 4.70. The molecule has 1 aliphatic rings. The number of anilines is 1. The van der Waals surface area contributed by atoms with Crippen molar-refractivity contribution >= 4 is 66.1 Å². The Morgan fingerprint density at radius 1 is 1.33 bits per heavy atom. The second-order valence-corrected chi connectivity index (χ2v) is 7.93. The highest BCUT2D eigenvalue weighted by Crippen LogP contribution is 2.36. The van der Waals surface area contributed by atoms with E-state index in [1.165, 1.54) is 0 Å². The molecule has 1 heterocycles. The summed E-state index contributed by atoms with van der Waals surface area (Å²) in [5, 5.41) is 5.01. The number of aliphatic imine (C=N–C) groups is 1. The molecule has 1 aliphatic heterocycles. The van der Waals surface area contributed by atoms with Gasteiger partial charge in [0.1, 0.15) is 0 Å². The Kier molecular flexibility index (Phi) is 4.68. The molecule has 0 aromatic heterocycles. The maximum atomic E-state index is 5.99. The van der Waals surface area contributed by atoms with Gasteiger partial charge in [-0.05, 0) is 64.3 Å². The Bertz CT molecular complexity index is 480. The Morgan fingerprint density at radius 3 is 2.50 bits per heavy atom. The van der Waals surface area contributed by atoms with E-state index in [-0.39, 0.29) is 5.54 Å². The summed E-state index contributed by atoms with van der Waals surface area (Å²) < 4.78 is 1.85. The minimum atomic E-state index is 0.0129. The lowest BCUT2D eigenvalue weighted by atomic mass is 10.0. The van der Waals surface area contributed by atoms with E-state index in [9.17, 15) is 0 Å². The predicted molar refractivity (Wildman–Crippen MR) is 89.1 cm³/mol. The molecule has 0 saturated heterocycles. The monoisotopic (exact) mass is 410 g/mol. The number of hydrogen-bond acceptors (Lipinski definition) is 3. The number of hydrogen-bond donors (Lipinski definition) is 1. The van der Waals surface area contributed by atoms with Crippen LogP contribution < -0.4 is 5.32 Å². The third-order valence-electron chi connectivity index (χ3n) is 2.60. The van der Waals surface area contributed by atoms with E-state index in [1.54, 1.807) is 11.8 Å². The van der Waals surface area contributed by atoms with Crippen molar-refractivity contribution in [2.24, 2.45) is 4.99 Å². The van der Waals surface area contributed by atoms with E-state index < -0.39 is 0 Å². The van der Waals surface area contributed by atoms with Gasteiger partial charge in [0.05, 0.1) is 11.2 Å². The van der Waals surface area contributed by atoms with Crippen molar-refractivity contribution in [2.75, 3.05) is 11.1 Å². The zero-order valence-corrected chi connectivity index (χ0v) is 14.8. The van der Waals surface area contributed by atoms with Gasteiger partial charge in [-0.25, -0.2) is 0 Å². The van der Waals surface area contributed by atoms with Crippen LogP contribution in [0.2, 0.25) is 5.02 Å². The normalized spacial score (nSPS) is 18.4. The van der Waals surface area contributed by atoms with Crippen LogP contribution in [-0.4, -0.2) is 16.5 Å². The van der Waals surface area contributed by atoms with Gasteiger partial charge in [0.15, 0.2) is 5.17 Å². The van der Waals surface area contributed by atoms with E-state index >= 15 is 0 Å². The highest BCUT2D eigenvalue weighted by molar-refractivity contribution is 9.11. The average molecular weight is 413 g/mol. The fraction of sp³-hybridized carbons (Fsp3) is 0.417. The standard InChI is InChI=1S/C12H13Br2ClN2S/c1-12(2)3-4-18-11(17-12)16-10-8(13)5-7(15)6-9(10)14/h5-6H,3-4H2,1-2H3,(H,16,17). The van der Waals surface area contributed by atoms with Gasteiger partial charge < -0.3 is 5.32 Å². The van der Waals surface area contributed by atoms with Crippen molar-refractivity contribution < 1.29 is 0 Å². The summed E-state index contributed by atoms with van der Waals surface area (Å²) in [7, 11) is 0. The fourth-order valence-corrected chi connectivity index (χ4v) is 4.74. The molecule has 98 valence electrons. The number of nitrogens with one attached hydrogen (secondary N) is 1. The molecule has 0 aliphatic carbocycles. The number of nitrogens with zero attached hydrogens (tertiary/aromatic N) is 1. The quantitative estimate of drug-likeness (QED) is 0.654. The first-order chi connectivity index (χ1) is 8.37. The van der Waals surface area contributed by atoms with Gasteiger partial charge >= 0.3 is 0 Å². The Hall–Kier alpha value is 0.290.